The average Bonchev–Trinajstić information content (AvgIpc) is 3.16. The molecule has 1 aliphatic rings. The molecule has 0 aliphatic carbocycles. The van der Waals surface area contributed by atoms with E-state index in [1.54, 1.807) is 0 Å². The molecular formula is C18H16Cl2FN3O5. The molecule has 3 aromatic rings. The molecule has 1 fully saturated rings. The van der Waals surface area contributed by atoms with E-state index in [2.05, 4.69) is 9.97 Å². The molecule has 0 unspecified atom stereocenters. The van der Waals surface area contributed by atoms with Crippen LogP contribution in [-0.2, 0) is 10.3 Å². The molecule has 8 nitrogen and oxygen atoms in total. The van der Waals surface area contributed by atoms with Gasteiger partial charge >= 0.3 is 0 Å². The van der Waals surface area contributed by atoms with Gasteiger partial charge in [-0.3, -0.25) is 4.79 Å². The summed E-state index contributed by atoms with van der Waals surface area (Å²) >= 11 is 11.9. The number of hydrogen-bond acceptors (Lipinski definition) is 6. The van der Waals surface area contributed by atoms with Crippen LogP contribution in [0.1, 0.15) is 18.7 Å². The second-order valence-corrected chi connectivity index (χ2v) is 7.83. The van der Waals surface area contributed by atoms with Gasteiger partial charge in [-0.15, -0.1) is 0 Å². The lowest BCUT2D eigenvalue weighted by atomic mass is 9.87. The van der Waals surface area contributed by atoms with E-state index < -0.39 is 41.5 Å². The van der Waals surface area contributed by atoms with Crippen LogP contribution in [0, 0.1) is 5.82 Å². The van der Waals surface area contributed by atoms with Crippen molar-refractivity contribution >= 4 is 34.2 Å². The molecule has 1 aromatic carbocycles. The van der Waals surface area contributed by atoms with Crippen LogP contribution in [0.25, 0.3) is 11.0 Å². The van der Waals surface area contributed by atoms with Crippen molar-refractivity contribution < 1.29 is 24.4 Å². The van der Waals surface area contributed by atoms with Crippen LogP contribution in [0.5, 0.6) is 0 Å². The number of halogens is 3. The first-order valence-electron chi connectivity index (χ1n) is 8.56. The molecule has 0 radical (unpaired) electrons. The van der Waals surface area contributed by atoms with Gasteiger partial charge in [0.2, 0.25) is 0 Å². The van der Waals surface area contributed by atoms with E-state index in [1.165, 1.54) is 25.1 Å². The Bertz CT molecular complexity index is 1150. The summed E-state index contributed by atoms with van der Waals surface area (Å²) in [6.07, 6.45) is -3.59. The molecule has 29 heavy (non-hydrogen) atoms. The minimum atomic E-state index is -1.78. The van der Waals surface area contributed by atoms with Crippen molar-refractivity contribution in [3.05, 3.63) is 62.5 Å². The van der Waals surface area contributed by atoms with Gasteiger partial charge in [-0.05, 0) is 24.6 Å². The Labute approximate surface area is 173 Å². The summed E-state index contributed by atoms with van der Waals surface area (Å²) in [5.41, 5.74) is -2.25. The Morgan fingerprint density at radius 2 is 2.00 bits per heavy atom. The van der Waals surface area contributed by atoms with Gasteiger partial charge in [-0.25, -0.2) is 4.39 Å². The molecule has 0 bridgehead atoms. The number of fused-ring (bicyclic) bond motifs is 1. The van der Waals surface area contributed by atoms with Gasteiger partial charge < -0.3 is 29.6 Å². The second kappa shape index (κ2) is 7.05. The fourth-order valence-corrected chi connectivity index (χ4v) is 3.89. The summed E-state index contributed by atoms with van der Waals surface area (Å²) in [6.45, 7) is 1.38. The number of aliphatic hydroxyl groups is 3. The molecule has 4 N–H and O–H groups in total. The molecule has 0 saturated carbocycles. The summed E-state index contributed by atoms with van der Waals surface area (Å²) in [7, 11) is 0. The van der Waals surface area contributed by atoms with E-state index in [-0.39, 0.29) is 21.1 Å². The molecule has 0 spiro atoms. The number of H-pyrrole nitrogens is 1. The molecule has 11 heteroatoms. The Hall–Kier alpha value is -2.01. The largest absolute Gasteiger partial charge is 0.387 e. The third-order valence-electron chi connectivity index (χ3n) is 5.15. The van der Waals surface area contributed by atoms with Crippen molar-refractivity contribution in [2.75, 3.05) is 0 Å². The van der Waals surface area contributed by atoms with E-state index in [9.17, 15) is 24.5 Å². The fraction of sp³-hybridized carbons (Fsp3) is 0.333. The van der Waals surface area contributed by atoms with Crippen molar-refractivity contribution in [3.63, 3.8) is 0 Å². The summed E-state index contributed by atoms with van der Waals surface area (Å²) in [5, 5.41) is 32.3. The van der Waals surface area contributed by atoms with E-state index in [0.29, 0.717) is 5.56 Å². The smallest absolute Gasteiger partial charge is 0.285 e. The van der Waals surface area contributed by atoms with Crippen molar-refractivity contribution in [2.24, 2.45) is 0 Å². The summed E-state index contributed by atoms with van der Waals surface area (Å²) in [6, 6.07) is 4.42. The van der Waals surface area contributed by atoms with Crippen LogP contribution < -0.4 is 5.56 Å². The van der Waals surface area contributed by atoms with Gasteiger partial charge in [-0.2, -0.15) is 4.98 Å². The lowest BCUT2D eigenvalue weighted by Crippen LogP contribution is -2.45. The third kappa shape index (κ3) is 3.14. The first kappa shape index (κ1) is 20.3. The Balaban J connectivity index is 1.74. The lowest BCUT2D eigenvalue weighted by Gasteiger charge is -2.32. The molecule has 0 amide bonds. The number of aliphatic hydroxyl groups excluding tert-OH is 2. The first-order chi connectivity index (χ1) is 13.6. The Morgan fingerprint density at radius 1 is 1.28 bits per heavy atom. The van der Waals surface area contributed by atoms with Gasteiger partial charge in [0.25, 0.3) is 5.56 Å². The van der Waals surface area contributed by atoms with Crippen molar-refractivity contribution in [1.82, 2.24) is 14.5 Å². The number of aromatic amines is 1. The minimum Gasteiger partial charge on any atom is -0.387 e. The van der Waals surface area contributed by atoms with Gasteiger partial charge in [0.05, 0.1) is 16.4 Å². The van der Waals surface area contributed by atoms with E-state index in [0.717, 1.165) is 17.1 Å². The Kier molecular flexibility index (Phi) is 4.93. The van der Waals surface area contributed by atoms with E-state index >= 15 is 0 Å². The molecule has 1 saturated heterocycles. The maximum atomic E-state index is 14.3. The average molecular weight is 444 g/mol. The number of ether oxygens (including phenoxy) is 1. The molecule has 3 heterocycles. The second-order valence-electron chi connectivity index (χ2n) is 7.02. The minimum absolute atomic E-state index is 0.0218. The topological polar surface area (TPSA) is 121 Å². The van der Waals surface area contributed by atoms with E-state index in [4.69, 9.17) is 27.9 Å². The van der Waals surface area contributed by atoms with Crippen molar-refractivity contribution in [1.29, 1.82) is 0 Å². The number of nitrogens with one attached hydrogen (secondary N) is 1. The maximum absolute atomic E-state index is 14.3. The van der Waals surface area contributed by atoms with E-state index in [1.807, 2.05) is 0 Å². The van der Waals surface area contributed by atoms with Crippen LogP contribution in [0.4, 0.5) is 4.39 Å². The van der Waals surface area contributed by atoms with Gasteiger partial charge in [0, 0.05) is 6.20 Å². The van der Waals surface area contributed by atoms with Gasteiger partial charge in [0.1, 0.15) is 34.9 Å². The third-order valence-corrected chi connectivity index (χ3v) is 5.89. The highest BCUT2D eigenvalue weighted by molar-refractivity contribution is 6.42. The first-order valence-corrected chi connectivity index (χ1v) is 9.31. The summed E-state index contributed by atoms with van der Waals surface area (Å²) in [4.78, 5) is 17.9. The molecular weight excluding hydrogens is 428 g/mol. The van der Waals surface area contributed by atoms with Crippen molar-refractivity contribution in [2.45, 2.75) is 37.1 Å². The number of rotatable bonds is 3. The van der Waals surface area contributed by atoms with Crippen LogP contribution >= 0.6 is 23.2 Å². The predicted octanol–water partition coefficient (Wildman–Crippen LogP) is 1.70. The maximum Gasteiger partial charge on any atom is 0.285 e. The van der Waals surface area contributed by atoms with Crippen LogP contribution in [0.15, 0.2) is 35.5 Å². The summed E-state index contributed by atoms with van der Waals surface area (Å²) < 4.78 is 21.2. The molecule has 154 valence electrons. The zero-order valence-corrected chi connectivity index (χ0v) is 16.4. The number of nitrogens with zero attached hydrogens (tertiary/aromatic N) is 2. The zero-order chi connectivity index (χ0) is 21.1. The van der Waals surface area contributed by atoms with Gasteiger partial charge in [0.15, 0.2) is 12.0 Å². The monoisotopic (exact) mass is 443 g/mol. The highest BCUT2D eigenvalue weighted by Crippen LogP contribution is 2.41. The zero-order valence-electron chi connectivity index (χ0n) is 14.9. The molecule has 5 atom stereocenters. The lowest BCUT2D eigenvalue weighted by molar-refractivity contribution is -0.135. The highest BCUT2D eigenvalue weighted by Gasteiger charge is 2.52. The van der Waals surface area contributed by atoms with Crippen LogP contribution in [0.3, 0.4) is 0 Å². The quantitative estimate of drug-likeness (QED) is 0.488. The van der Waals surface area contributed by atoms with Crippen LogP contribution in [0.2, 0.25) is 10.0 Å². The van der Waals surface area contributed by atoms with Gasteiger partial charge in [-0.1, -0.05) is 29.3 Å². The number of benzene rings is 1. The van der Waals surface area contributed by atoms with Crippen LogP contribution in [-0.4, -0.2) is 48.2 Å². The number of aromatic nitrogens is 3. The fourth-order valence-electron chi connectivity index (χ4n) is 3.59. The normalized spacial score (nSPS) is 26.7. The van der Waals surface area contributed by atoms with Crippen molar-refractivity contribution in [3.8, 4) is 0 Å². The Morgan fingerprint density at radius 3 is 2.69 bits per heavy atom. The number of hydrogen-bond donors (Lipinski definition) is 4. The molecule has 4 rings (SSSR count). The molecule has 1 aliphatic heterocycles. The standard InChI is InChI=1S/C18H16Cl2FN3O5/c1-18(28,7-2-3-8(19)9(20)4-7)14-12(25)13(26)17(29-14)24-5-10(21)11-15(24)22-6-23-16(11)27/h2-6,12-14,17,25-26,28H,1H3,(H,22,23,27)/t12-,13+,14-,17+,18+/m0/s1. The SMILES string of the molecule is C[C@@](O)(c1ccc(Cl)c(Cl)c1)[C@H]1O[C@@H](n2cc(F)c3c(=O)nc[nH]c32)[C@H](O)[C@@H]1O. The molecule has 2 aromatic heterocycles. The predicted molar refractivity (Wildman–Crippen MR) is 102 cm³/mol. The summed E-state index contributed by atoms with van der Waals surface area (Å²) in [5.74, 6) is -0.862. The highest BCUT2D eigenvalue weighted by atomic mass is 35.5.